The Bertz CT molecular complexity index is 1180. The first kappa shape index (κ1) is 30.0. The molecule has 4 nitrogen and oxygen atoms in total. The maximum absolute atomic E-state index is 13.2. The van der Waals surface area contributed by atoms with E-state index in [2.05, 4.69) is 27.1 Å². The van der Waals surface area contributed by atoms with Gasteiger partial charge in [-0.25, -0.2) is 0 Å². The molecule has 4 aromatic rings. The Balaban J connectivity index is 0.000000280. The summed E-state index contributed by atoms with van der Waals surface area (Å²) in [5, 5.41) is 6.25. The van der Waals surface area contributed by atoms with Crippen molar-refractivity contribution in [2.45, 2.75) is 0 Å². The van der Waals surface area contributed by atoms with Crippen LogP contribution in [0.5, 0.6) is 0 Å². The quantitative estimate of drug-likeness (QED) is 0.185. The molecule has 1 aliphatic rings. The molecule has 3 heterocycles. The predicted octanol–water partition coefficient (Wildman–Crippen LogP) is 6.37. The van der Waals surface area contributed by atoms with Crippen LogP contribution in [0.3, 0.4) is 0 Å². The normalized spacial score (nSPS) is 10.4. The van der Waals surface area contributed by atoms with Crippen molar-refractivity contribution in [2.75, 3.05) is 6.54 Å². The van der Waals surface area contributed by atoms with Crippen LogP contribution in [0.15, 0.2) is 90.2 Å². The molecule has 2 aromatic carbocycles. The summed E-state index contributed by atoms with van der Waals surface area (Å²) in [5.74, 6) is -2.57. The van der Waals surface area contributed by atoms with Crippen LogP contribution in [-0.2, 0) is 20.1 Å². The molecular weight excluding hydrogens is 649 g/mol. The fourth-order valence-corrected chi connectivity index (χ4v) is 2.61. The Labute approximate surface area is 220 Å². The van der Waals surface area contributed by atoms with Crippen molar-refractivity contribution in [3.8, 4) is 22.5 Å². The SMILES string of the molecule is C1=CCN=C1.Fc1c[c-]c(-c2ccccn2)c(F)c1.Fc1c[c-]c(-c2ccccn2)c(F)c1.[C-]#N.[Ir+3]. The van der Waals surface area contributed by atoms with Crippen LogP contribution in [0.4, 0.5) is 17.6 Å². The van der Waals surface area contributed by atoms with Crippen LogP contribution < -0.4 is 0 Å². The van der Waals surface area contributed by atoms with Crippen LogP contribution in [0, 0.1) is 47.2 Å². The van der Waals surface area contributed by atoms with Gasteiger partial charge in [-0.3, -0.25) is 22.6 Å². The van der Waals surface area contributed by atoms with Crippen LogP contribution >= 0.6 is 0 Å². The average Bonchev–Trinajstić information content (AvgIpc) is 3.47. The van der Waals surface area contributed by atoms with Crippen LogP contribution in [0.2, 0.25) is 0 Å². The predicted molar refractivity (Wildman–Crippen MR) is 124 cm³/mol. The zero-order chi connectivity index (χ0) is 25.5. The van der Waals surface area contributed by atoms with E-state index in [0.717, 1.165) is 30.8 Å². The number of aromatic nitrogens is 2. The zero-order valence-electron chi connectivity index (χ0n) is 18.5. The number of benzene rings is 2. The van der Waals surface area contributed by atoms with E-state index in [1.54, 1.807) is 55.0 Å². The first-order valence-corrected chi connectivity index (χ1v) is 9.98. The number of halogens is 4. The molecule has 0 spiro atoms. The van der Waals surface area contributed by atoms with Crippen molar-refractivity contribution in [2.24, 2.45) is 4.99 Å². The van der Waals surface area contributed by atoms with Gasteiger partial charge in [0.25, 0.3) is 0 Å². The van der Waals surface area contributed by atoms with Crippen molar-refractivity contribution >= 4 is 6.21 Å². The van der Waals surface area contributed by atoms with Crippen molar-refractivity contribution in [1.29, 1.82) is 5.26 Å². The minimum absolute atomic E-state index is 0. The topological polar surface area (TPSA) is 61.9 Å². The smallest absolute Gasteiger partial charge is 0.512 e. The second-order valence-electron chi connectivity index (χ2n) is 6.45. The molecule has 0 radical (unpaired) electrons. The van der Waals surface area contributed by atoms with Gasteiger partial charge in [0.1, 0.15) is 0 Å². The number of hydrogen-bond donors (Lipinski definition) is 0. The van der Waals surface area contributed by atoms with E-state index in [4.69, 9.17) is 11.8 Å². The molecule has 182 valence electrons. The molecule has 0 saturated carbocycles. The van der Waals surface area contributed by atoms with E-state index in [1.807, 2.05) is 12.2 Å². The molecule has 1 aliphatic heterocycles. The van der Waals surface area contributed by atoms with Gasteiger partial charge < -0.3 is 21.8 Å². The zero-order valence-corrected chi connectivity index (χ0v) is 20.9. The molecule has 2 aromatic heterocycles. The third kappa shape index (κ3) is 9.71. The Hall–Kier alpha value is -3.99. The maximum Gasteiger partial charge on any atom is 3.00 e. The van der Waals surface area contributed by atoms with E-state index in [0.29, 0.717) is 11.4 Å². The van der Waals surface area contributed by atoms with Gasteiger partial charge in [0.2, 0.25) is 0 Å². The van der Waals surface area contributed by atoms with Gasteiger partial charge in [-0.05, 0) is 29.6 Å². The molecule has 9 heteroatoms. The second kappa shape index (κ2) is 16.6. The number of allylic oxidation sites excluding steroid dienone is 1. The van der Waals surface area contributed by atoms with Crippen molar-refractivity contribution in [3.05, 3.63) is 127 Å². The summed E-state index contributed by atoms with van der Waals surface area (Å²) in [4.78, 5) is 11.7. The number of aliphatic imine (C=N–C) groups is 1. The molecule has 0 fully saturated rings. The fourth-order valence-electron chi connectivity index (χ4n) is 2.61. The van der Waals surface area contributed by atoms with Crippen molar-refractivity contribution in [1.82, 2.24) is 9.97 Å². The number of rotatable bonds is 2. The molecule has 0 aliphatic carbocycles. The Morgan fingerprint density at radius 2 is 1.22 bits per heavy atom. The van der Waals surface area contributed by atoms with Gasteiger partial charge >= 0.3 is 20.1 Å². The number of pyridine rings is 2. The van der Waals surface area contributed by atoms with Crippen molar-refractivity contribution < 1.29 is 37.7 Å². The largest absolute Gasteiger partial charge is 3.00 e. The van der Waals surface area contributed by atoms with E-state index in [9.17, 15) is 17.6 Å². The van der Waals surface area contributed by atoms with Crippen LogP contribution in [0.25, 0.3) is 22.5 Å². The molecule has 0 amide bonds. The molecule has 0 N–H and O–H groups in total. The molecule has 5 rings (SSSR count). The number of nitrogens with zero attached hydrogens (tertiary/aromatic N) is 4. The minimum atomic E-state index is -0.649. The van der Waals surface area contributed by atoms with Gasteiger partial charge in [-0.15, -0.1) is 24.3 Å². The summed E-state index contributed by atoms with van der Waals surface area (Å²) < 4.78 is 51.6. The van der Waals surface area contributed by atoms with Gasteiger partial charge in [-0.2, -0.15) is 0 Å². The molecular formula is C27H17F4IrN4. The van der Waals surface area contributed by atoms with Gasteiger partial charge in [0.15, 0.2) is 0 Å². The third-order valence-corrected chi connectivity index (χ3v) is 4.10. The van der Waals surface area contributed by atoms with E-state index in [1.165, 1.54) is 0 Å². The van der Waals surface area contributed by atoms with E-state index in [-0.39, 0.29) is 31.2 Å². The standard InChI is InChI=1S/2C11H6F2N.C4H5N.CN.Ir/c2*12-8-4-5-9(10(13)7-8)11-3-1-2-6-14-11;1-2-4-5-3-1;1-2;/h2*1-4,6-7H;1-3H,4H2;;/q2*-1;;-1;+3. The van der Waals surface area contributed by atoms with Gasteiger partial charge in [-0.1, -0.05) is 53.6 Å². The summed E-state index contributed by atoms with van der Waals surface area (Å²) >= 11 is 0. The van der Waals surface area contributed by atoms with Crippen LogP contribution in [-0.4, -0.2) is 22.7 Å². The van der Waals surface area contributed by atoms with Gasteiger partial charge in [0.05, 0.1) is 6.54 Å². The average molecular weight is 666 g/mol. The van der Waals surface area contributed by atoms with Crippen LogP contribution in [0.1, 0.15) is 0 Å². The number of hydrogen-bond acceptors (Lipinski definition) is 4. The molecule has 0 unspecified atom stereocenters. The molecule has 0 atom stereocenters. The summed E-state index contributed by atoms with van der Waals surface area (Å²) in [5.41, 5.74) is 1.27. The van der Waals surface area contributed by atoms with E-state index >= 15 is 0 Å². The summed E-state index contributed by atoms with van der Waals surface area (Å²) in [6.07, 6.45) is 8.86. The Kier molecular flexibility index (Phi) is 13.9. The first-order valence-electron chi connectivity index (χ1n) is 9.98. The summed E-state index contributed by atoms with van der Waals surface area (Å²) in [6, 6.07) is 19.1. The monoisotopic (exact) mass is 666 g/mol. The Morgan fingerprint density at radius 1 is 0.750 bits per heavy atom. The first-order chi connectivity index (χ1) is 17.0. The van der Waals surface area contributed by atoms with E-state index < -0.39 is 23.3 Å². The molecule has 36 heavy (non-hydrogen) atoms. The third-order valence-electron chi connectivity index (χ3n) is 4.10. The second-order valence-corrected chi connectivity index (χ2v) is 6.45. The minimum Gasteiger partial charge on any atom is -0.512 e. The summed E-state index contributed by atoms with van der Waals surface area (Å²) in [6.45, 7) is 5.64. The van der Waals surface area contributed by atoms with Crippen molar-refractivity contribution in [3.63, 3.8) is 0 Å². The van der Waals surface area contributed by atoms with Gasteiger partial charge in [0, 0.05) is 41.9 Å². The molecule has 0 bridgehead atoms. The fraction of sp³-hybridized carbons (Fsp3) is 0.0370. The summed E-state index contributed by atoms with van der Waals surface area (Å²) in [7, 11) is 0. The molecule has 0 saturated heterocycles. The Morgan fingerprint density at radius 3 is 1.50 bits per heavy atom. The maximum atomic E-state index is 13.2.